The summed E-state index contributed by atoms with van der Waals surface area (Å²) in [5.41, 5.74) is 2.55. The van der Waals surface area contributed by atoms with Crippen molar-refractivity contribution < 1.29 is 9.84 Å². The normalized spacial score (nSPS) is 13.5. The number of ether oxygens (including phenoxy) is 1. The number of aliphatic hydroxyl groups is 1. The van der Waals surface area contributed by atoms with Crippen LogP contribution in [-0.4, -0.2) is 18.3 Å². The third-order valence-corrected chi connectivity index (χ3v) is 2.78. The van der Waals surface area contributed by atoms with Crippen molar-refractivity contribution in [1.82, 2.24) is 0 Å². The van der Waals surface area contributed by atoms with E-state index in [0.717, 1.165) is 5.75 Å². The van der Waals surface area contributed by atoms with Crippen LogP contribution in [0.2, 0.25) is 0 Å². The fourth-order valence-electron chi connectivity index (χ4n) is 1.64. The van der Waals surface area contributed by atoms with Crippen LogP contribution in [0, 0.1) is 12.8 Å². The zero-order valence-electron chi connectivity index (χ0n) is 11.6. The van der Waals surface area contributed by atoms with Gasteiger partial charge >= 0.3 is 0 Å². The molecule has 0 heterocycles. The first-order valence-corrected chi connectivity index (χ1v) is 6.19. The van der Waals surface area contributed by atoms with Gasteiger partial charge in [-0.25, -0.2) is 0 Å². The maximum absolute atomic E-state index is 9.01. The number of rotatable bonds is 4. The van der Waals surface area contributed by atoms with Gasteiger partial charge in [-0.15, -0.1) is 0 Å². The Hall–Kier alpha value is -1.02. The molecule has 1 aromatic rings. The molecule has 1 rings (SSSR count). The average Bonchev–Trinajstić information content (AvgIpc) is 2.25. The summed E-state index contributed by atoms with van der Waals surface area (Å²) in [6.07, 6.45) is 0. The van der Waals surface area contributed by atoms with Crippen LogP contribution in [0.3, 0.4) is 0 Å². The van der Waals surface area contributed by atoms with Crippen molar-refractivity contribution in [3.8, 4) is 5.75 Å². The molecular weight excluding hydrogens is 212 g/mol. The van der Waals surface area contributed by atoms with E-state index in [9.17, 15) is 0 Å². The zero-order valence-corrected chi connectivity index (χ0v) is 11.6. The third-order valence-electron chi connectivity index (χ3n) is 2.78. The molecule has 96 valence electrons. The summed E-state index contributed by atoms with van der Waals surface area (Å²) in [6, 6.07) is 6.27. The minimum Gasteiger partial charge on any atom is -0.493 e. The van der Waals surface area contributed by atoms with E-state index in [1.165, 1.54) is 11.1 Å². The topological polar surface area (TPSA) is 29.5 Å². The minimum atomic E-state index is 0.0732. The summed E-state index contributed by atoms with van der Waals surface area (Å²) < 4.78 is 5.81. The molecule has 1 unspecified atom stereocenters. The maximum Gasteiger partial charge on any atom is 0.123 e. The van der Waals surface area contributed by atoms with Crippen LogP contribution in [-0.2, 0) is 5.41 Å². The second-order valence-corrected chi connectivity index (χ2v) is 5.85. The molecular formula is C15H24O2. The Balaban J connectivity index is 2.91. The maximum atomic E-state index is 9.01. The van der Waals surface area contributed by atoms with E-state index in [4.69, 9.17) is 9.84 Å². The molecule has 0 aliphatic carbocycles. The van der Waals surface area contributed by atoms with Gasteiger partial charge in [-0.1, -0.05) is 45.4 Å². The van der Waals surface area contributed by atoms with E-state index in [0.29, 0.717) is 6.61 Å². The molecule has 0 aromatic heterocycles. The average molecular weight is 236 g/mol. The van der Waals surface area contributed by atoms with Crippen LogP contribution in [0.1, 0.15) is 38.8 Å². The van der Waals surface area contributed by atoms with E-state index in [-0.39, 0.29) is 17.9 Å². The highest BCUT2D eigenvalue weighted by atomic mass is 16.5. The van der Waals surface area contributed by atoms with Gasteiger partial charge in [0.15, 0.2) is 0 Å². The summed E-state index contributed by atoms with van der Waals surface area (Å²) in [6.45, 7) is 11.3. The molecule has 1 N–H and O–H groups in total. The van der Waals surface area contributed by atoms with Crippen LogP contribution in [0.5, 0.6) is 5.75 Å². The van der Waals surface area contributed by atoms with E-state index in [1.54, 1.807) is 0 Å². The molecule has 2 nitrogen and oxygen atoms in total. The van der Waals surface area contributed by atoms with Crippen LogP contribution in [0.25, 0.3) is 0 Å². The summed E-state index contributed by atoms with van der Waals surface area (Å²) in [5.74, 6) is 1.10. The van der Waals surface area contributed by atoms with Crippen molar-refractivity contribution in [3.05, 3.63) is 29.3 Å². The van der Waals surface area contributed by atoms with E-state index in [2.05, 4.69) is 39.8 Å². The third kappa shape index (κ3) is 4.04. The highest BCUT2D eigenvalue weighted by Gasteiger charge is 2.19. The van der Waals surface area contributed by atoms with Crippen molar-refractivity contribution in [2.45, 2.75) is 40.0 Å². The predicted molar refractivity (Wildman–Crippen MR) is 71.6 cm³/mol. The second kappa shape index (κ2) is 5.54. The smallest absolute Gasteiger partial charge is 0.123 e. The number of hydrogen-bond donors (Lipinski definition) is 1. The lowest BCUT2D eigenvalue weighted by Gasteiger charge is -2.24. The number of hydrogen-bond acceptors (Lipinski definition) is 2. The van der Waals surface area contributed by atoms with Crippen LogP contribution >= 0.6 is 0 Å². The Bertz CT molecular complexity index is 364. The molecule has 0 fully saturated rings. The van der Waals surface area contributed by atoms with E-state index >= 15 is 0 Å². The van der Waals surface area contributed by atoms with Crippen LogP contribution < -0.4 is 4.74 Å². The number of aliphatic hydroxyl groups excluding tert-OH is 1. The number of benzene rings is 1. The molecule has 17 heavy (non-hydrogen) atoms. The van der Waals surface area contributed by atoms with Gasteiger partial charge in [-0.05, 0) is 24.0 Å². The van der Waals surface area contributed by atoms with Gasteiger partial charge in [-0.3, -0.25) is 0 Å². The molecule has 1 atom stereocenters. The van der Waals surface area contributed by atoms with Gasteiger partial charge in [0, 0.05) is 12.5 Å². The highest BCUT2D eigenvalue weighted by molar-refractivity contribution is 5.41. The lowest BCUT2D eigenvalue weighted by Crippen LogP contribution is -2.17. The van der Waals surface area contributed by atoms with E-state index in [1.807, 2.05) is 13.0 Å². The summed E-state index contributed by atoms with van der Waals surface area (Å²) in [4.78, 5) is 0. The second-order valence-electron chi connectivity index (χ2n) is 5.85. The van der Waals surface area contributed by atoms with Gasteiger partial charge < -0.3 is 9.84 Å². The van der Waals surface area contributed by atoms with Crippen molar-refractivity contribution in [3.63, 3.8) is 0 Å². The van der Waals surface area contributed by atoms with Gasteiger partial charge in [0.1, 0.15) is 5.75 Å². The van der Waals surface area contributed by atoms with Gasteiger partial charge in [0.05, 0.1) is 6.61 Å². The molecule has 1 aromatic carbocycles. The summed E-state index contributed by atoms with van der Waals surface area (Å²) >= 11 is 0. The Morgan fingerprint density at radius 2 is 1.94 bits per heavy atom. The standard InChI is InChI=1S/C15H24O2/c1-11-6-7-14(17-10-12(2)9-16)13(8-11)15(3,4)5/h6-8,12,16H,9-10H2,1-5H3. The molecule has 0 saturated carbocycles. The molecule has 0 spiro atoms. The zero-order chi connectivity index (χ0) is 13.1. The highest BCUT2D eigenvalue weighted by Crippen LogP contribution is 2.32. The van der Waals surface area contributed by atoms with Gasteiger partial charge in [-0.2, -0.15) is 0 Å². The first-order chi connectivity index (χ1) is 7.84. The number of aryl methyl sites for hydroxylation is 1. The summed E-state index contributed by atoms with van der Waals surface area (Å²) in [5, 5.41) is 9.01. The van der Waals surface area contributed by atoms with E-state index < -0.39 is 0 Å². The van der Waals surface area contributed by atoms with Crippen LogP contribution in [0.15, 0.2) is 18.2 Å². The molecule has 0 amide bonds. The molecule has 0 bridgehead atoms. The van der Waals surface area contributed by atoms with Crippen LogP contribution in [0.4, 0.5) is 0 Å². The SMILES string of the molecule is Cc1ccc(OCC(C)CO)c(C(C)(C)C)c1. The molecule has 0 aliphatic rings. The fourth-order valence-corrected chi connectivity index (χ4v) is 1.64. The molecule has 0 radical (unpaired) electrons. The Labute approximate surface area is 105 Å². The lowest BCUT2D eigenvalue weighted by molar-refractivity contribution is 0.172. The Morgan fingerprint density at radius 1 is 1.29 bits per heavy atom. The molecule has 0 saturated heterocycles. The Kier molecular flexibility index (Phi) is 4.58. The minimum absolute atomic E-state index is 0.0732. The first kappa shape index (κ1) is 14.0. The first-order valence-electron chi connectivity index (χ1n) is 6.19. The monoisotopic (exact) mass is 236 g/mol. The van der Waals surface area contributed by atoms with Crippen molar-refractivity contribution in [2.75, 3.05) is 13.2 Å². The Morgan fingerprint density at radius 3 is 2.47 bits per heavy atom. The largest absolute Gasteiger partial charge is 0.493 e. The van der Waals surface area contributed by atoms with Gasteiger partial charge in [0.2, 0.25) is 0 Å². The molecule has 0 aliphatic heterocycles. The quantitative estimate of drug-likeness (QED) is 0.869. The lowest BCUT2D eigenvalue weighted by atomic mass is 9.85. The van der Waals surface area contributed by atoms with Crippen molar-refractivity contribution >= 4 is 0 Å². The fraction of sp³-hybridized carbons (Fsp3) is 0.600. The molecule has 2 heteroatoms. The van der Waals surface area contributed by atoms with Gasteiger partial charge in [0.25, 0.3) is 0 Å². The summed E-state index contributed by atoms with van der Waals surface area (Å²) in [7, 11) is 0. The van der Waals surface area contributed by atoms with Crippen molar-refractivity contribution in [2.24, 2.45) is 5.92 Å². The van der Waals surface area contributed by atoms with Crippen molar-refractivity contribution in [1.29, 1.82) is 0 Å². The predicted octanol–water partition coefficient (Wildman–Crippen LogP) is 3.30.